The van der Waals surface area contributed by atoms with Gasteiger partial charge in [-0.1, -0.05) is 20.8 Å². The highest BCUT2D eigenvalue weighted by Crippen LogP contribution is 2.31. The summed E-state index contributed by atoms with van der Waals surface area (Å²) in [6.45, 7) is 11.8. The zero-order chi connectivity index (χ0) is 27.4. The predicted molar refractivity (Wildman–Crippen MR) is 143 cm³/mol. The lowest BCUT2D eigenvalue weighted by atomic mass is 9.87. The number of amides is 2. The van der Waals surface area contributed by atoms with E-state index in [-0.39, 0.29) is 42.3 Å². The molecular weight excluding hydrogens is 488 g/mol. The van der Waals surface area contributed by atoms with Crippen LogP contribution in [0.1, 0.15) is 37.6 Å². The van der Waals surface area contributed by atoms with Gasteiger partial charge in [0.25, 0.3) is 5.91 Å². The van der Waals surface area contributed by atoms with Crippen molar-refractivity contribution < 1.29 is 28.6 Å². The molecule has 0 saturated carbocycles. The van der Waals surface area contributed by atoms with Crippen LogP contribution in [0.3, 0.4) is 0 Å². The van der Waals surface area contributed by atoms with Crippen molar-refractivity contribution in [3.8, 4) is 0 Å². The summed E-state index contributed by atoms with van der Waals surface area (Å²) in [4.78, 5) is 45.8. The van der Waals surface area contributed by atoms with Gasteiger partial charge in [0.2, 0.25) is 5.91 Å². The molecule has 210 valence electrons. The van der Waals surface area contributed by atoms with Crippen molar-refractivity contribution in [3.05, 3.63) is 29.8 Å². The van der Waals surface area contributed by atoms with Crippen LogP contribution < -0.4 is 10.2 Å². The molecule has 3 fully saturated rings. The second-order valence-corrected chi connectivity index (χ2v) is 11.6. The largest absolute Gasteiger partial charge is 0.383 e. The average molecular weight is 531 g/mol. The van der Waals surface area contributed by atoms with Gasteiger partial charge in [-0.25, -0.2) is 0 Å². The Kier molecular flexibility index (Phi) is 9.07. The molecule has 10 heteroatoms. The number of methoxy groups -OCH3 is 2. The molecule has 0 bridgehead atoms. The maximum absolute atomic E-state index is 13.7. The standard InChI is InChI=1S/C28H42N4O6/c1-28(2,3)16-21(27(35)32-17-23(37-5)25-24(32)22(33)18-38-25)29-26(34)19-6-8-20(9-7-19)31-12-10-30(11-13-31)14-15-36-4/h6-9,21,23-25H,10-18H2,1-5H3,(H,29,34)/t21-,23-,24+,25+/m0/s1. The first-order chi connectivity index (χ1) is 18.1. The molecule has 2 amide bonds. The number of benzene rings is 1. The average Bonchev–Trinajstić information content (AvgIpc) is 3.46. The maximum atomic E-state index is 13.7. The lowest BCUT2D eigenvalue weighted by molar-refractivity contribution is -0.138. The minimum atomic E-state index is -0.771. The van der Waals surface area contributed by atoms with E-state index < -0.39 is 18.2 Å². The molecule has 1 aromatic carbocycles. The van der Waals surface area contributed by atoms with Gasteiger partial charge in [-0.2, -0.15) is 0 Å². The highest BCUT2D eigenvalue weighted by atomic mass is 16.5. The fraction of sp³-hybridized carbons (Fsp3) is 0.679. The third-order valence-corrected chi connectivity index (χ3v) is 7.62. The predicted octanol–water partition coefficient (Wildman–Crippen LogP) is 1.18. The molecule has 4 atom stereocenters. The van der Waals surface area contributed by atoms with Crippen molar-refractivity contribution in [1.82, 2.24) is 15.1 Å². The second kappa shape index (κ2) is 12.1. The van der Waals surface area contributed by atoms with Crippen LogP contribution in [-0.2, 0) is 23.8 Å². The zero-order valence-corrected chi connectivity index (χ0v) is 23.3. The number of anilines is 1. The number of carbonyl (C=O) groups is 3. The number of Topliss-reactive ketones (excluding diaryl/α,β-unsaturated/α-hetero) is 1. The maximum Gasteiger partial charge on any atom is 0.251 e. The van der Waals surface area contributed by atoms with Gasteiger partial charge in [0.05, 0.1) is 13.2 Å². The quantitative estimate of drug-likeness (QED) is 0.508. The van der Waals surface area contributed by atoms with Gasteiger partial charge in [0, 0.05) is 58.2 Å². The Hall–Kier alpha value is -2.53. The summed E-state index contributed by atoms with van der Waals surface area (Å²) in [5.74, 6) is -0.708. The molecule has 1 aromatic rings. The van der Waals surface area contributed by atoms with Gasteiger partial charge < -0.3 is 29.3 Å². The van der Waals surface area contributed by atoms with Crippen molar-refractivity contribution in [3.63, 3.8) is 0 Å². The Labute approximate surface area is 225 Å². The van der Waals surface area contributed by atoms with E-state index in [1.165, 1.54) is 0 Å². The van der Waals surface area contributed by atoms with Gasteiger partial charge in [-0.15, -0.1) is 0 Å². The van der Waals surface area contributed by atoms with Crippen molar-refractivity contribution in [2.45, 2.75) is 51.5 Å². The summed E-state index contributed by atoms with van der Waals surface area (Å²) in [6.07, 6.45) is -0.392. The van der Waals surface area contributed by atoms with Crippen LogP contribution in [-0.4, -0.2) is 118 Å². The SMILES string of the molecule is COCCN1CCN(c2ccc(C(=O)N[C@@H](CC(C)(C)C)C(=O)N3C[C@H](OC)[C@H]4OCC(=O)[C@H]43)cc2)CC1. The van der Waals surface area contributed by atoms with Gasteiger partial charge in [0.1, 0.15) is 30.9 Å². The zero-order valence-electron chi connectivity index (χ0n) is 23.3. The van der Waals surface area contributed by atoms with Crippen molar-refractivity contribution in [1.29, 1.82) is 0 Å². The molecule has 3 aliphatic heterocycles. The molecule has 0 unspecified atom stereocenters. The number of rotatable bonds is 9. The summed E-state index contributed by atoms with van der Waals surface area (Å²) >= 11 is 0. The van der Waals surface area contributed by atoms with E-state index in [0.717, 1.165) is 45.0 Å². The summed E-state index contributed by atoms with van der Waals surface area (Å²) in [6, 6.07) is 6.10. The summed E-state index contributed by atoms with van der Waals surface area (Å²) < 4.78 is 16.3. The number of carbonyl (C=O) groups excluding carboxylic acids is 3. The molecule has 3 heterocycles. The highest BCUT2D eigenvalue weighted by Gasteiger charge is 2.53. The van der Waals surface area contributed by atoms with Crippen LogP contribution in [0.2, 0.25) is 0 Å². The fourth-order valence-electron chi connectivity index (χ4n) is 5.57. The summed E-state index contributed by atoms with van der Waals surface area (Å²) in [5, 5.41) is 2.96. The van der Waals surface area contributed by atoms with E-state index in [4.69, 9.17) is 14.2 Å². The number of ether oxygens (including phenoxy) is 3. The summed E-state index contributed by atoms with van der Waals surface area (Å²) in [5.41, 5.74) is 1.34. The normalized spacial score (nSPS) is 25.0. The van der Waals surface area contributed by atoms with Gasteiger partial charge >= 0.3 is 0 Å². The van der Waals surface area contributed by atoms with Crippen LogP contribution in [0.25, 0.3) is 0 Å². The number of nitrogens with zero attached hydrogens (tertiary/aromatic N) is 3. The van der Waals surface area contributed by atoms with Crippen LogP contribution in [0.4, 0.5) is 5.69 Å². The van der Waals surface area contributed by atoms with Crippen LogP contribution in [0.15, 0.2) is 24.3 Å². The molecule has 0 radical (unpaired) electrons. The number of ketones is 1. The number of piperazine rings is 1. The third-order valence-electron chi connectivity index (χ3n) is 7.62. The number of likely N-dealkylation sites (tertiary alicyclic amines) is 1. The van der Waals surface area contributed by atoms with E-state index in [1.807, 2.05) is 45.0 Å². The van der Waals surface area contributed by atoms with Gasteiger partial charge in [0.15, 0.2) is 5.78 Å². The van der Waals surface area contributed by atoms with E-state index in [2.05, 4.69) is 15.1 Å². The molecule has 0 aliphatic carbocycles. The molecule has 38 heavy (non-hydrogen) atoms. The smallest absolute Gasteiger partial charge is 0.251 e. The molecule has 4 rings (SSSR count). The monoisotopic (exact) mass is 530 g/mol. The van der Waals surface area contributed by atoms with Crippen molar-refractivity contribution >= 4 is 23.3 Å². The molecule has 0 aromatic heterocycles. The second-order valence-electron chi connectivity index (χ2n) is 11.6. The first kappa shape index (κ1) is 28.5. The van der Waals surface area contributed by atoms with E-state index in [0.29, 0.717) is 12.0 Å². The summed E-state index contributed by atoms with van der Waals surface area (Å²) in [7, 11) is 3.28. The molecule has 10 nitrogen and oxygen atoms in total. The van der Waals surface area contributed by atoms with E-state index >= 15 is 0 Å². The minimum absolute atomic E-state index is 0.0240. The van der Waals surface area contributed by atoms with E-state index in [1.54, 1.807) is 19.1 Å². The first-order valence-corrected chi connectivity index (χ1v) is 13.5. The Morgan fingerprint density at radius 3 is 2.39 bits per heavy atom. The Morgan fingerprint density at radius 2 is 1.79 bits per heavy atom. The topological polar surface area (TPSA) is 101 Å². The number of hydrogen-bond acceptors (Lipinski definition) is 8. The Morgan fingerprint density at radius 1 is 1.11 bits per heavy atom. The molecule has 3 saturated heterocycles. The lowest BCUT2D eigenvalue weighted by Crippen LogP contribution is -2.53. The number of hydrogen-bond donors (Lipinski definition) is 1. The Bertz CT molecular complexity index is 986. The molecule has 3 aliphatic rings. The van der Waals surface area contributed by atoms with E-state index in [9.17, 15) is 14.4 Å². The van der Waals surface area contributed by atoms with Crippen molar-refractivity contribution in [2.75, 3.05) is 71.6 Å². The minimum Gasteiger partial charge on any atom is -0.383 e. The fourth-order valence-corrected chi connectivity index (χ4v) is 5.57. The lowest BCUT2D eigenvalue weighted by Gasteiger charge is -2.36. The highest BCUT2D eigenvalue weighted by molar-refractivity contribution is 5.99. The molecule has 0 spiro atoms. The van der Waals surface area contributed by atoms with Gasteiger partial charge in [-0.05, 0) is 36.1 Å². The molecular formula is C28H42N4O6. The van der Waals surface area contributed by atoms with Crippen LogP contribution in [0, 0.1) is 5.41 Å². The number of fused-ring (bicyclic) bond motifs is 1. The Balaban J connectivity index is 1.42. The first-order valence-electron chi connectivity index (χ1n) is 13.5. The van der Waals surface area contributed by atoms with Gasteiger partial charge in [-0.3, -0.25) is 19.3 Å². The molecule has 1 N–H and O–H groups in total. The third kappa shape index (κ3) is 6.54. The van der Waals surface area contributed by atoms with Crippen molar-refractivity contribution in [2.24, 2.45) is 5.41 Å². The number of nitrogens with one attached hydrogen (secondary N) is 1. The van der Waals surface area contributed by atoms with Crippen LogP contribution in [0.5, 0.6) is 0 Å². The van der Waals surface area contributed by atoms with Crippen LogP contribution >= 0.6 is 0 Å².